The van der Waals surface area contributed by atoms with Crippen LogP contribution in [0.15, 0.2) is 28.1 Å². The van der Waals surface area contributed by atoms with Gasteiger partial charge < -0.3 is 11.1 Å². The zero-order valence-electron chi connectivity index (χ0n) is 10.4. The topological polar surface area (TPSA) is 72.2 Å². The summed E-state index contributed by atoms with van der Waals surface area (Å²) in [4.78, 5) is 23.8. The Morgan fingerprint density at radius 2 is 2.05 bits per heavy atom. The fourth-order valence-corrected chi connectivity index (χ4v) is 3.12. The van der Waals surface area contributed by atoms with Crippen LogP contribution >= 0.6 is 38.9 Å². The third-order valence-electron chi connectivity index (χ3n) is 2.58. The van der Waals surface area contributed by atoms with Crippen molar-refractivity contribution >= 4 is 56.4 Å². The van der Waals surface area contributed by atoms with E-state index in [4.69, 9.17) is 17.3 Å². The molecule has 0 radical (unpaired) electrons. The fraction of sp³-hybridized carbons (Fsp3) is 0.0769. The van der Waals surface area contributed by atoms with Gasteiger partial charge in [-0.2, -0.15) is 0 Å². The number of hydrogen-bond acceptors (Lipinski definition) is 3. The normalized spacial score (nSPS) is 10.3. The maximum absolute atomic E-state index is 12.1. The van der Waals surface area contributed by atoms with Gasteiger partial charge in [-0.05, 0) is 52.7 Å². The minimum atomic E-state index is -0.577. The minimum Gasteiger partial charge on any atom is -0.366 e. The van der Waals surface area contributed by atoms with Gasteiger partial charge in [-0.1, -0.05) is 11.6 Å². The molecule has 0 spiro atoms. The molecule has 20 heavy (non-hydrogen) atoms. The van der Waals surface area contributed by atoms with Crippen molar-refractivity contribution in [1.29, 1.82) is 0 Å². The summed E-state index contributed by atoms with van der Waals surface area (Å²) in [5, 5.41) is 3.02. The molecule has 1 aromatic heterocycles. The second-order valence-electron chi connectivity index (χ2n) is 4.08. The lowest BCUT2D eigenvalue weighted by molar-refractivity contribution is 0.0996. The highest BCUT2D eigenvalue weighted by Crippen LogP contribution is 2.29. The third kappa shape index (κ3) is 3.20. The predicted octanol–water partition coefficient (Wildman–Crippen LogP) is 3.82. The Hall–Kier alpha value is -1.37. The Morgan fingerprint density at radius 3 is 2.60 bits per heavy atom. The summed E-state index contributed by atoms with van der Waals surface area (Å²) in [6, 6.07) is 6.26. The Balaban J connectivity index is 2.27. The van der Waals surface area contributed by atoms with E-state index in [1.165, 1.54) is 29.5 Å². The van der Waals surface area contributed by atoms with Gasteiger partial charge in [-0.3, -0.25) is 9.59 Å². The first-order valence-corrected chi connectivity index (χ1v) is 7.54. The highest BCUT2D eigenvalue weighted by atomic mass is 79.9. The molecule has 0 bridgehead atoms. The quantitative estimate of drug-likeness (QED) is 0.858. The molecule has 1 aromatic carbocycles. The number of aryl methyl sites for hydroxylation is 1. The van der Waals surface area contributed by atoms with Crippen molar-refractivity contribution in [2.45, 2.75) is 6.92 Å². The largest absolute Gasteiger partial charge is 0.366 e. The molecule has 0 unspecified atom stereocenters. The number of carbonyl (C=O) groups excluding carboxylic acids is 2. The molecule has 4 nitrogen and oxygen atoms in total. The van der Waals surface area contributed by atoms with Crippen LogP contribution in [0.1, 0.15) is 25.6 Å². The predicted molar refractivity (Wildman–Crippen MR) is 84.7 cm³/mol. The van der Waals surface area contributed by atoms with E-state index in [9.17, 15) is 9.59 Å². The van der Waals surface area contributed by atoms with E-state index in [0.29, 0.717) is 15.6 Å². The smallest absolute Gasteiger partial charge is 0.265 e. The first-order valence-electron chi connectivity index (χ1n) is 5.55. The summed E-state index contributed by atoms with van der Waals surface area (Å²) >= 11 is 10.7. The third-order valence-corrected chi connectivity index (χ3v) is 5.05. The molecule has 3 N–H and O–H groups in total. The lowest BCUT2D eigenvalue weighted by Crippen LogP contribution is -2.14. The molecule has 7 heteroatoms. The maximum atomic E-state index is 12.1. The van der Waals surface area contributed by atoms with E-state index in [1.807, 2.05) is 6.92 Å². The van der Waals surface area contributed by atoms with E-state index in [0.717, 1.165) is 9.35 Å². The van der Waals surface area contributed by atoms with Gasteiger partial charge in [-0.25, -0.2) is 0 Å². The number of primary amides is 1. The van der Waals surface area contributed by atoms with Crippen molar-refractivity contribution in [2.75, 3.05) is 5.32 Å². The number of carbonyl (C=O) groups is 2. The zero-order valence-corrected chi connectivity index (χ0v) is 13.5. The van der Waals surface area contributed by atoms with Crippen molar-refractivity contribution < 1.29 is 9.59 Å². The average molecular weight is 374 g/mol. The van der Waals surface area contributed by atoms with Crippen LogP contribution in [-0.2, 0) is 0 Å². The number of rotatable bonds is 3. The Bertz CT molecular complexity index is 680. The number of benzene rings is 1. The number of halogens is 2. The maximum Gasteiger partial charge on any atom is 0.265 e. The van der Waals surface area contributed by atoms with Crippen molar-refractivity contribution in [3.8, 4) is 0 Å². The molecule has 0 aliphatic rings. The van der Waals surface area contributed by atoms with Crippen LogP contribution in [0.25, 0.3) is 0 Å². The summed E-state index contributed by atoms with van der Waals surface area (Å²) in [6.45, 7) is 1.90. The standard InChI is InChI=1S/C13H10BrClN2O2S/c1-6-4-10(20-11(6)14)13(19)17-9-5-7(12(16)18)2-3-8(9)15/h2-5H,1H3,(H2,16,18)(H,17,19). The highest BCUT2D eigenvalue weighted by molar-refractivity contribution is 9.11. The van der Waals surface area contributed by atoms with Crippen LogP contribution in [0.2, 0.25) is 5.02 Å². The monoisotopic (exact) mass is 372 g/mol. The molecule has 2 rings (SSSR count). The van der Waals surface area contributed by atoms with Gasteiger partial charge in [0, 0.05) is 5.56 Å². The molecule has 0 saturated carbocycles. The molecule has 2 amide bonds. The van der Waals surface area contributed by atoms with Crippen molar-refractivity contribution in [1.82, 2.24) is 0 Å². The van der Waals surface area contributed by atoms with Gasteiger partial charge in [-0.15, -0.1) is 11.3 Å². The Labute approximate surface area is 133 Å². The van der Waals surface area contributed by atoms with E-state index in [-0.39, 0.29) is 11.5 Å². The summed E-state index contributed by atoms with van der Waals surface area (Å²) in [6.07, 6.45) is 0. The number of thiophene rings is 1. The van der Waals surface area contributed by atoms with Crippen molar-refractivity contribution in [3.63, 3.8) is 0 Å². The number of anilines is 1. The lowest BCUT2D eigenvalue weighted by Gasteiger charge is -2.07. The first-order chi connectivity index (χ1) is 9.38. The van der Waals surface area contributed by atoms with Gasteiger partial charge >= 0.3 is 0 Å². The molecule has 0 aliphatic heterocycles. The molecule has 0 fully saturated rings. The van der Waals surface area contributed by atoms with Gasteiger partial charge in [0.15, 0.2) is 0 Å². The van der Waals surface area contributed by atoms with Crippen LogP contribution in [0.3, 0.4) is 0 Å². The fourth-order valence-electron chi connectivity index (χ4n) is 1.53. The van der Waals surface area contributed by atoms with E-state index in [1.54, 1.807) is 6.07 Å². The SMILES string of the molecule is Cc1cc(C(=O)Nc2cc(C(N)=O)ccc2Cl)sc1Br. The summed E-state index contributed by atoms with van der Waals surface area (Å²) < 4.78 is 0.902. The Morgan fingerprint density at radius 1 is 1.35 bits per heavy atom. The molecule has 1 heterocycles. The van der Waals surface area contributed by atoms with Crippen LogP contribution in [0.4, 0.5) is 5.69 Å². The lowest BCUT2D eigenvalue weighted by atomic mass is 10.2. The van der Waals surface area contributed by atoms with Gasteiger partial charge in [0.25, 0.3) is 5.91 Å². The average Bonchev–Trinajstić information content (AvgIpc) is 2.72. The van der Waals surface area contributed by atoms with Crippen LogP contribution in [0, 0.1) is 6.92 Å². The van der Waals surface area contributed by atoms with Crippen LogP contribution in [0.5, 0.6) is 0 Å². The second-order valence-corrected chi connectivity index (χ2v) is 6.86. The van der Waals surface area contributed by atoms with Crippen molar-refractivity contribution in [2.24, 2.45) is 5.73 Å². The minimum absolute atomic E-state index is 0.285. The van der Waals surface area contributed by atoms with Crippen molar-refractivity contribution in [3.05, 3.63) is 49.1 Å². The highest BCUT2D eigenvalue weighted by Gasteiger charge is 2.14. The summed E-state index contributed by atoms with van der Waals surface area (Å²) in [5.41, 5.74) is 6.82. The molecule has 0 aliphatic carbocycles. The van der Waals surface area contributed by atoms with Gasteiger partial charge in [0.2, 0.25) is 5.91 Å². The van der Waals surface area contributed by atoms with E-state index in [2.05, 4.69) is 21.2 Å². The summed E-state index contributed by atoms with van der Waals surface area (Å²) in [7, 11) is 0. The van der Waals surface area contributed by atoms with Crippen LogP contribution in [-0.4, -0.2) is 11.8 Å². The second kappa shape index (κ2) is 5.95. The van der Waals surface area contributed by atoms with Crippen LogP contribution < -0.4 is 11.1 Å². The summed E-state index contributed by atoms with van der Waals surface area (Å²) in [5.74, 6) is -0.862. The van der Waals surface area contributed by atoms with Gasteiger partial charge in [0.05, 0.1) is 19.4 Å². The number of nitrogens with one attached hydrogen (secondary N) is 1. The molecular formula is C13H10BrClN2O2S. The number of hydrogen-bond donors (Lipinski definition) is 2. The first kappa shape index (κ1) is 15.0. The van der Waals surface area contributed by atoms with E-state index >= 15 is 0 Å². The Kier molecular flexibility index (Phi) is 4.47. The molecule has 2 aromatic rings. The van der Waals surface area contributed by atoms with E-state index < -0.39 is 5.91 Å². The number of nitrogens with two attached hydrogens (primary N) is 1. The molecule has 0 saturated heterocycles. The molecule has 0 atom stereocenters. The number of amides is 2. The zero-order chi connectivity index (χ0) is 14.9. The molecular weight excluding hydrogens is 364 g/mol. The van der Waals surface area contributed by atoms with Gasteiger partial charge in [0.1, 0.15) is 0 Å². The molecule has 104 valence electrons.